The molecule has 5 heteroatoms. The SMILES string of the molecule is NCCc1cnc(N2CCCOc3ccccc32)nc1. The molecule has 1 aliphatic rings. The summed E-state index contributed by atoms with van der Waals surface area (Å²) in [5, 5.41) is 0. The molecule has 104 valence electrons. The second kappa shape index (κ2) is 5.88. The fraction of sp³-hybridized carbons (Fsp3) is 0.333. The van der Waals surface area contributed by atoms with Crippen LogP contribution in [0, 0.1) is 0 Å². The van der Waals surface area contributed by atoms with Gasteiger partial charge in [0.15, 0.2) is 0 Å². The number of nitrogens with zero attached hydrogens (tertiary/aromatic N) is 3. The first-order valence-corrected chi connectivity index (χ1v) is 6.89. The van der Waals surface area contributed by atoms with Crippen molar-refractivity contribution < 1.29 is 4.74 Å². The van der Waals surface area contributed by atoms with Crippen LogP contribution in [0.5, 0.6) is 5.75 Å². The van der Waals surface area contributed by atoms with Crippen molar-refractivity contribution in [3.05, 3.63) is 42.2 Å². The summed E-state index contributed by atoms with van der Waals surface area (Å²) in [6, 6.07) is 8.01. The second-order valence-corrected chi connectivity index (χ2v) is 4.75. The number of rotatable bonds is 3. The minimum atomic E-state index is 0.614. The molecule has 0 unspecified atom stereocenters. The molecule has 1 aliphatic heterocycles. The molecular formula is C15H18N4O. The van der Waals surface area contributed by atoms with Crippen molar-refractivity contribution in [1.82, 2.24) is 9.97 Å². The Labute approximate surface area is 118 Å². The van der Waals surface area contributed by atoms with Crippen LogP contribution in [0.3, 0.4) is 0 Å². The van der Waals surface area contributed by atoms with E-state index in [2.05, 4.69) is 14.9 Å². The van der Waals surface area contributed by atoms with E-state index in [1.807, 2.05) is 36.7 Å². The molecule has 2 heterocycles. The zero-order chi connectivity index (χ0) is 13.8. The molecule has 2 aromatic rings. The molecule has 2 N–H and O–H groups in total. The summed E-state index contributed by atoms with van der Waals surface area (Å²) in [4.78, 5) is 11.0. The largest absolute Gasteiger partial charge is 0.491 e. The highest BCUT2D eigenvalue weighted by Gasteiger charge is 2.19. The van der Waals surface area contributed by atoms with Gasteiger partial charge < -0.3 is 15.4 Å². The summed E-state index contributed by atoms with van der Waals surface area (Å²) in [6.07, 6.45) is 5.45. The zero-order valence-electron chi connectivity index (χ0n) is 11.3. The minimum absolute atomic E-state index is 0.614. The van der Waals surface area contributed by atoms with Crippen LogP contribution < -0.4 is 15.4 Å². The van der Waals surface area contributed by atoms with Crippen molar-refractivity contribution in [1.29, 1.82) is 0 Å². The maximum Gasteiger partial charge on any atom is 0.229 e. The van der Waals surface area contributed by atoms with E-state index in [-0.39, 0.29) is 0 Å². The van der Waals surface area contributed by atoms with Crippen molar-refractivity contribution in [2.24, 2.45) is 5.73 Å². The summed E-state index contributed by atoms with van der Waals surface area (Å²) in [6.45, 7) is 2.19. The van der Waals surface area contributed by atoms with Gasteiger partial charge >= 0.3 is 0 Å². The summed E-state index contributed by atoms with van der Waals surface area (Å²) in [5.41, 5.74) is 7.63. The third-order valence-electron chi connectivity index (χ3n) is 3.31. The van der Waals surface area contributed by atoms with E-state index in [4.69, 9.17) is 10.5 Å². The van der Waals surface area contributed by atoms with E-state index < -0.39 is 0 Å². The lowest BCUT2D eigenvalue weighted by molar-refractivity contribution is 0.322. The van der Waals surface area contributed by atoms with Crippen LogP contribution in [0.15, 0.2) is 36.7 Å². The smallest absolute Gasteiger partial charge is 0.229 e. The highest BCUT2D eigenvalue weighted by Crippen LogP contribution is 2.33. The molecule has 0 bridgehead atoms. The second-order valence-electron chi connectivity index (χ2n) is 4.75. The number of ether oxygens (including phenoxy) is 1. The number of para-hydroxylation sites is 2. The highest BCUT2D eigenvalue weighted by molar-refractivity contribution is 5.65. The molecule has 20 heavy (non-hydrogen) atoms. The monoisotopic (exact) mass is 270 g/mol. The number of anilines is 2. The van der Waals surface area contributed by atoms with Crippen LogP contribution in [-0.4, -0.2) is 29.7 Å². The fourth-order valence-corrected chi connectivity index (χ4v) is 2.32. The predicted octanol–water partition coefficient (Wildman–Crippen LogP) is 1.90. The van der Waals surface area contributed by atoms with Gasteiger partial charge in [-0.2, -0.15) is 0 Å². The van der Waals surface area contributed by atoms with Gasteiger partial charge in [-0.15, -0.1) is 0 Å². The fourth-order valence-electron chi connectivity index (χ4n) is 2.32. The molecule has 1 aromatic carbocycles. The van der Waals surface area contributed by atoms with Crippen LogP contribution in [0.4, 0.5) is 11.6 Å². The van der Waals surface area contributed by atoms with Crippen molar-refractivity contribution in [2.75, 3.05) is 24.6 Å². The number of hydrogen-bond donors (Lipinski definition) is 1. The van der Waals surface area contributed by atoms with E-state index in [1.54, 1.807) is 0 Å². The lowest BCUT2D eigenvalue weighted by Crippen LogP contribution is -2.20. The maximum absolute atomic E-state index is 5.75. The Hall–Kier alpha value is -2.14. The van der Waals surface area contributed by atoms with Gasteiger partial charge in [-0.1, -0.05) is 12.1 Å². The molecule has 0 spiro atoms. The normalized spacial score (nSPS) is 14.3. The average molecular weight is 270 g/mol. The van der Waals surface area contributed by atoms with E-state index in [1.165, 1.54) is 0 Å². The molecule has 0 aliphatic carbocycles. The van der Waals surface area contributed by atoms with E-state index in [0.29, 0.717) is 12.5 Å². The topological polar surface area (TPSA) is 64.3 Å². The van der Waals surface area contributed by atoms with Gasteiger partial charge in [0.1, 0.15) is 5.75 Å². The van der Waals surface area contributed by atoms with Crippen molar-refractivity contribution in [3.8, 4) is 5.75 Å². The lowest BCUT2D eigenvalue weighted by atomic mass is 10.2. The molecule has 0 amide bonds. The Bertz CT molecular complexity index is 570. The Balaban J connectivity index is 1.92. The van der Waals surface area contributed by atoms with Crippen molar-refractivity contribution in [3.63, 3.8) is 0 Å². The number of fused-ring (bicyclic) bond motifs is 1. The molecule has 0 saturated heterocycles. The summed E-state index contributed by atoms with van der Waals surface area (Å²) in [5.74, 6) is 1.60. The van der Waals surface area contributed by atoms with Gasteiger partial charge in [-0.05, 0) is 37.1 Å². The van der Waals surface area contributed by atoms with Gasteiger partial charge in [-0.3, -0.25) is 0 Å². The molecule has 0 atom stereocenters. The molecular weight excluding hydrogens is 252 g/mol. The molecule has 3 rings (SSSR count). The van der Waals surface area contributed by atoms with Gasteiger partial charge in [0.25, 0.3) is 0 Å². The number of aromatic nitrogens is 2. The first-order valence-electron chi connectivity index (χ1n) is 6.89. The molecule has 0 radical (unpaired) electrons. The van der Waals surface area contributed by atoms with Gasteiger partial charge in [-0.25, -0.2) is 9.97 Å². The molecule has 1 aromatic heterocycles. The summed E-state index contributed by atoms with van der Waals surface area (Å²) >= 11 is 0. The predicted molar refractivity (Wildman–Crippen MR) is 78.4 cm³/mol. The maximum atomic E-state index is 5.75. The van der Waals surface area contributed by atoms with Crippen LogP contribution in [0.2, 0.25) is 0 Å². The van der Waals surface area contributed by atoms with Gasteiger partial charge in [0.05, 0.1) is 12.3 Å². The van der Waals surface area contributed by atoms with Crippen LogP contribution in [-0.2, 0) is 6.42 Å². The van der Waals surface area contributed by atoms with Crippen LogP contribution >= 0.6 is 0 Å². The average Bonchev–Trinajstić information content (AvgIpc) is 2.71. The number of nitrogens with two attached hydrogens (primary N) is 1. The van der Waals surface area contributed by atoms with Gasteiger partial charge in [0.2, 0.25) is 5.95 Å². The Morgan fingerprint density at radius 2 is 2.00 bits per heavy atom. The van der Waals surface area contributed by atoms with E-state index in [0.717, 1.165) is 43.0 Å². The van der Waals surface area contributed by atoms with Crippen LogP contribution in [0.25, 0.3) is 0 Å². The van der Waals surface area contributed by atoms with Crippen molar-refractivity contribution in [2.45, 2.75) is 12.8 Å². The third kappa shape index (κ3) is 2.58. The molecule has 0 saturated carbocycles. The summed E-state index contributed by atoms with van der Waals surface area (Å²) in [7, 11) is 0. The molecule has 0 fully saturated rings. The van der Waals surface area contributed by atoms with E-state index >= 15 is 0 Å². The highest BCUT2D eigenvalue weighted by atomic mass is 16.5. The Morgan fingerprint density at radius 3 is 2.80 bits per heavy atom. The van der Waals surface area contributed by atoms with Gasteiger partial charge in [0, 0.05) is 18.9 Å². The van der Waals surface area contributed by atoms with Crippen molar-refractivity contribution >= 4 is 11.6 Å². The molecule has 5 nitrogen and oxygen atoms in total. The minimum Gasteiger partial charge on any atom is -0.491 e. The van der Waals surface area contributed by atoms with Crippen LogP contribution in [0.1, 0.15) is 12.0 Å². The number of hydrogen-bond acceptors (Lipinski definition) is 5. The lowest BCUT2D eigenvalue weighted by Gasteiger charge is -2.21. The summed E-state index contributed by atoms with van der Waals surface area (Å²) < 4.78 is 5.75. The zero-order valence-corrected chi connectivity index (χ0v) is 11.3. The standard InChI is InChI=1S/C15H18N4O/c16-7-6-12-10-17-15(18-11-12)19-8-3-9-20-14-5-2-1-4-13(14)19/h1-2,4-5,10-11H,3,6-9,16H2. The number of benzene rings is 1. The first-order chi connectivity index (χ1) is 9.88. The quantitative estimate of drug-likeness (QED) is 0.922. The third-order valence-corrected chi connectivity index (χ3v) is 3.31. The van der Waals surface area contributed by atoms with E-state index in [9.17, 15) is 0 Å². The first kappa shape index (κ1) is 12.9. The Morgan fingerprint density at radius 1 is 1.20 bits per heavy atom. The Kier molecular flexibility index (Phi) is 3.78.